The van der Waals surface area contributed by atoms with E-state index >= 15 is 0 Å². The first-order chi connectivity index (χ1) is 9.24. The summed E-state index contributed by atoms with van der Waals surface area (Å²) in [5.74, 6) is 0. The fraction of sp³-hybridized carbons (Fsp3) is 0.267. The molecule has 0 amide bonds. The van der Waals surface area contributed by atoms with Gasteiger partial charge in [-0.05, 0) is 48.4 Å². The van der Waals surface area contributed by atoms with Gasteiger partial charge in [0, 0.05) is 23.2 Å². The van der Waals surface area contributed by atoms with E-state index in [1.54, 1.807) is 22.7 Å². The number of hydrogen-bond acceptors (Lipinski definition) is 4. The Morgan fingerprint density at radius 1 is 1.11 bits per heavy atom. The Morgan fingerprint density at radius 2 is 2.00 bits per heavy atom. The van der Waals surface area contributed by atoms with Crippen LogP contribution in [-0.4, -0.2) is 4.98 Å². The van der Waals surface area contributed by atoms with Crippen molar-refractivity contribution in [3.8, 4) is 0 Å². The Labute approximate surface area is 121 Å². The summed E-state index contributed by atoms with van der Waals surface area (Å²) in [7, 11) is 0. The summed E-state index contributed by atoms with van der Waals surface area (Å²) in [4.78, 5) is 5.88. The topological polar surface area (TPSA) is 24.9 Å². The van der Waals surface area contributed by atoms with Crippen molar-refractivity contribution < 1.29 is 0 Å². The van der Waals surface area contributed by atoms with Gasteiger partial charge in [0.1, 0.15) is 0 Å². The van der Waals surface area contributed by atoms with E-state index in [1.807, 2.05) is 6.20 Å². The molecule has 0 radical (unpaired) electrons. The van der Waals surface area contributed by atoms with Gasteiger partial charge in [-0.1, -0.05) is 6.07 Å². The van der Waals surface area contributed by atoms with Crippen LogP contribution < -0.4 is 5.32 Å². The van der Waals surface area contributed by atoms with Gasteiger partial charge < -0.3 is 5.32 Å². The van der Waals surface area contributed by atoms with Gasteiger partial charge in [-0.25, -0.2) is 0 Å². The Bertz CT molecular complexity index is 658. The van der Waals surface area contributed by atoms with Crippen LogP contribution in [0.15, 0.2) is 41.2 Å². The zero-order chi connectivity index (χ0) is 13.2. The summed E-state index contributed by atoms with van der Waals surface area (Å²) in [6.45, 7) is 4.40. The SMILES string of the molecule is CC(N[C@H](C)c1cccs1)c1cnc2ccsc2c1. The largest absolute Gasteiger partial charge is 0.303 e. The summed E-state index contributed by atoms with van der Waals surface area (Å²) in [6, 6.07) is 9.25. The van der Waals surface area contributed by atoms with Crippen LogP contribution in [0.5, 0.6) is 0 Å². The van der Waals surface area contributed by atoms with Crippen molar-refractivity contribution >= 4 is 32.9 Å². The van der Waals surface area contributed by atoms with E-state index in [0.717, 1.165) is 5.52 Å². The van der Waals surface area contributed by atoms with Crippen LogP contribution in [0.25, 0.3) is 10.2 Å². The molecule has 1 N–H and O–H groups in total. The minimum Gasteiger partial charge on any atom is -0.303 e. The van der Waals surface area contributed by atoms with E-state index in [1.165, 1.54) is 15.1 Å². The number of pyridine rings is 1. The first kappa shape index (κ1) is 12.8. The van der Waals surface area contributed by atoms with E-state index in [2.05, 4.69) is 59.2 Å². The molecule has 0 aromatic carbocycles. The third kappa shape index (κ3) is 2.71. The van der Waals surface area contributed by atoms with E-state index < -0.39 is 0 Å². The summed E-state index contributed by atoms with van der Waals surface area (Å²) in [6.07, 6.45) is 1.98. The van der Waals surface area contributed by atoms with Gasteiger partial charge in [0.25, 0.3) is 0 Å². The first-order valence-electron chi connectivity index (χ1n) is 6.36. The number of aromatic nitrogens is 1. The highest BCUT2D eigenvalue weighted by atomic mass is 32.1. The molecule has 0 spiro atoms. The van der Waals surface area contributed by atoms with Crippen molar-refractivity contribution in [1.29, 1.82) is 0 Å². The van der Waals surface area contributed by atoms with Crippen molar-refractivity contribution in [2.75, 3.05) is 0 Å². The summed E-state index contributed by atoms with van der Waals surface area (Å²) < 4.78 is 1.26. The average molecular weight is 288 g/mol. The molecular weight excluding hydrogens is 272 g/mol. The number of nitrogens with one attached hydrogen (secondary N) is 1. The fourth-order valence-electron chi connectivity index (χ4n) is 2.19. The number of fused-ring (bicyclic) bond motifs is 1. The maximum Gasteiger partial charge on any atom is 0.0809 e. The fourth-order valence-corrected chi connectivity index (χ4v) is 3.72. The van der Waals surface area contributed by atoms with Crippen molar-refractivity contribution in [3.05, 3.63) is 51.7 Å². The van der Waals surface area contributed by atoms with Crippen LogP contribution in [0.3, 0.4) is 0 Å². The third-order valence-corrected chi connectivity index (χ3v) is 5.20. The molecule has 0 saturated carbocycles. The van der Waals surface area contributed by atoms with Crippen LogP contribution in [0, 0.1) is 0 Å². The average Bonchev–Trinajstić information content (AvgIpc) is 3.09. The van der Waals surface area contributed by atoms with Gasteiger partial charge in [-0.2, -0.15) is 0 Å². The minimum absolute atomic E-state index is 0.302. The summed E-state index contributed by atoms with van der Waals surface area (Å²) >= 11 is 3.54. The molecule has 4 heteroatoms. The second-order valence-electron chi connectivity index (χ2n) is 4.70. The molecule has 0 aliphatic heterocycles. The molecular formula is C15H16N2S2. The maximum atomic E-state index is 4.51. The summed E-state index contributed by atoms with van der Waals surface area (Å²) in [5.41, 5.74) is 2.34. The quantitative estimate of drug-likeness (QED) is 0.748. The van der Waals surface area contributed by atoms with E-state index in [4.69, 9.17) is 0 Å². The molecule has 3 aromatic heterocycles. The van der Waals surface area contributed by atoms with Crippen molar-refractivity contribution in [3.63, 3.8) is 0 Å². The molecule has 0 aliphatic rings. The normalized spacial score (nSPS) is 14.6. The van der Waals surface area contributed by atoms with E-state index in [0.29, 0.717) is 12.1 Å². The number of thiophene rings is 2. The van der Waals surface area contributed by atoms with Crippen LogP contribution in [0.2, 0.25) is 0 Å². The minimum atomic E-state index is 0.302. The maximum absolute atomic E-state index is 4.51. The van der Waals surface area contributed by atoms with Gasteiger partial charge in [0.15, 0.2) is 0 Å². The molecule has 19 heavy (non-hydrogen) atoms. The lowest BCUT2D eigenvalue weighted by molar-refractivity contribution is 0.499. The van der Waals surface area contributed by atoms with Crippen LogP contribution in [0.4, 0.5) is 0 Å². The number of rotatable bonds is 4. The zero-order valence-electron chi connectivity index (χ0n) is 11.0. The van der Waals surface area contributed by atoms with Gasteiger partial charge in [0.05, 0.1) is 10.2 Å². The van der Waals surface area contributed by atoms with Crippen LogP contribution >= 0.6 is 22.7 Å². The van der Waals surface area contributed by atoms with Gasteiger partial charge in [-0.3, -0.25) is 4.98 Å². The zero-order valence-corrected chi connectivity index (χ0v) is 12.6. The molecule has 3 heterocycles. The molecule has 0 aliphatic carbocycles. The Hall–Kier alpha value is -1.23. The molecule has 0 saturated heterocycles. The van der Waals surface area contributed by atoms with Gasteiger partial charge >= 0.3 is 0 Å². The van der Waals surface area contributed by atoms with Gasteiger partial charge in [0.2, 0.25) is 0 Å². The Morgan fingerprint density at radius 3 is 2.79 bits per heavy atom. The molecule has 98 valence electrons. The molecule has 2 nitrogen and oxygen atoms in total. The highest BCUT2D eigenvalue weighted by Gasteiger charge is 2.12. The van der Waals surface area contributed by atoms with Crippen molar-refractivity contribution in [2.24, 2.45) is 0 Å². The smallest absolute Gasteiger partial charge is 0.0809 e. The predicted molar refractivity (Wildman–Crippen MR) is 83.9 cm³/mol. The highest BCUT2D eigenvalue weighted by Crippen LogP contribution is 2.25. The van der Waals surface area contributed by atoms with E-state index in [9.17, 15) is 0 Å². The van der Waals surface area contributed by atoms with E-state index in [-0.39, 0.29) is 0 Å². The lowest BCUT2D eigenvalue weighted by Gasteiger charge is -2.19. The monoisotopic (exact) mass is 288 g/mol. The van der Waals surface area contributed by atoms with Crippen LogP contribution in [0.1, 0.15) is 36.4 Å². The number of nitrogens with zero attached hydrogens (tertiary/aromatic N) is 1. The second kappa shape index (κ2) is 5.41. The Kier molecular flexibility index (Phi) is 3.64. The molecule has 3 aromatic rings. The standard InChI is InChI=1S/C15H16N2S2/c1-10(17-11(2)14-4-3-6-18-14)12-8-15-13(16-9-12)5-7-19-15/h3-11,17H,1-2H3/t10?,11-/m1/s1. The number of hydrogen-bond donors (Lipinski definition) is 1. The van der Waals surface area contributed by atoms with Gasteiger partial charge in [-0.15, -0.1) is 22.7 Å². The highest BCUT2D eigenvalue weighted by molar-refractivity contribution is 7.17. The van der Waals surface area contributed by atoms with Crippen molar-refractivity contribution in [1.82, 2.24) is 10.3 Å². The Balaban J connectivity index is 1.77. The lowest BCUT2D eigenvalue weighted by Crippen LogP contribution is -2.21. The molecule has 0 bridgehead atoms. The summed E-state index contributed by atoms with van der Waals surface area (Å²) in [5, 5.41) is 7.84. The second-order valence-corrected chi connectivity index (χ2v) is 6.63. The molecule has 1 unspecified atom stereocenters. The molecule has 3 rings (SSSR count). The predicted octanol–water partition coefficient (Wildman–Crippen LogP) is 4.77. The molecule has 2 atom stereocenters. The lowest BCUT2D eigenvalue weighted by atomic mass is 10.1. The van der Waals surface area contributed by atoms with Crippen LogP contribution in [-0.2, 0) is 0 Å². The molecule has 0 fully saturated rings. The first-order valence-corrected chi connectivity index (χ1v) is 8.12. The van der Waals surface area contributed by atoms with Crippen molar-refractivity contribution in [2.45, 2.75) is 25.9 Å². The third-order valence-electron chi connectivity index (χ3n) is 3.29.